The Morgan fingerprint density at radius 2 is 1.85 bits per heavy atom. The monoisotopic (exact) mass is 573 g/mol. The van der Waals surface area contributed by atoms with Gasteiger partial charge in [-0.3, -0.25) is 0 Å². The molecular formula is C26H21ClINO4. The molecule has 168 valence electrons. The zero-order valence-electron chi connectivity index (χ0n) is 17.9. The van der Waals surface area contributed by atoms with E-state index in [0.29, 0.717) is 35.3 Å². The highest BCUT2D eigenvalue weighted by molar-refractivity contribution is 14.1. The van der Waals surface area contributed by atoms with Crippen LogP contribution in [0.15, 0.2) is 77.4 Å². The second-order valence-corrected chi connectivity index (χ2v) is 8.84. The maximum Gasteiger partial charge on any atom is 0.363 e. The van der Waals surface area contributed by atoms with Gasteiger partial charge in [-0.1, -0.05) is 48.0 Å². The normalized spacial score (nSPS) is 14.2. The van der Waals surface area contributed by atoms with E-state index in [1.54, 1.807) is 12.1 Å². The van der Waals surface area contributed by atoms with Crippen LogP contribution in [0.5, 0.6) is 11.5 Å². The lowest BCUT2D eigenvalue weighted by Gasteiger charge is -2.12. The lowest BCUT2D eigenvalue weighted by atomic mass is 10.1. The number of hydrogen-bond donors (Lipinski definition) is 0. The van der Waals surface area contributed by atoms with E-state index >= 15 is 0 Å². The van der Waals surface area contributed by atoms with E-state index in [0.717, 1.165) is 15.6 Å². The lowest BCUT2D eigenvalue weighted by molar-refractivity contribution is -0.129. The van der Waals surface area contributed by atoms with E-state index in [9.17, 15) is 4.79 Å². The van der Waals surface area contributed by atoms with Crippen molar-refractivity contribution in [3.05, 3.63) is 97.7 Å². The van der Waals surface area contributed by atoms with Gasteiger partial charge in [0.1, 0.15) is 0 Å². The summed E-state index contributed by atoms with van der Waals surface area (Å²) in [5.41, 5.74) is 2.73. The first kappa shape index (κ1) is 23.3. The molecule has 4 rings (SSSR count). The van der Waals surface area contributed by atoms with Gasteiger partial charge < -0.3 is 14.2 Å². The van der Waals surface area contributed by atoms with Crippen LogP contribution in [0.4, 0.5) is 0 Å². The van der Waals surface area contributed by atoms with Crippen molar-refractivity contribution in [1.29, 1.82) is 0 Å². The lowest BCUT2D eigenvalue weighted by Crippen LogP contribution is -2.06. The molecule has 0 saturated carbocycles. The van der Waals surface area contributed by atoms with Crippen LogP contribution < -0.4 is 9.47 Å². The third kappa shape index (κ3) is 5.94. The van der Waals surface area contributed by atoms with Crippen LogP contribution in [-0.4, -0.2) is 25.1 Å². The number of cyclic esters (lactones) is 1. The summed E-state index contributed by atoms with van der Waals surface area (Å²) in [6.07, 6.45) is 2.45. The molecule has 1 aliphatic heterocycles. The van der Waals surface area contributed by atoms with Gasteiger partial charge in [0, 0.05) is 9.99 Å². The first-order valence-electron chi connectivity index (χ1n) is 10.4. The molecule has 3 aromatic carbocycles. The molecule has 0 bridgehead atoms. The topological polar surface area (TPSA) is 57.1 Å². The number of rotatable bonds is 8. The Balaban J connectivity index is 1.53. The van der Waals surface area contributed by atoms with Gasteiger partial charge >= 0.3 is 5.97 Å². The van der Waals surface area contributed by atoms with Gasteiger partial charge in [0.25, 0.3) is 0 Å². The SMILES string of the molecule is CCOc1cc(/C=C2\N=C(c3cc(I)ccc3Cl)OC2=O)ccc1OCCc1ccccc1. The molecule has 3 aromatic rings. The molecule has 0 aliphatic carbocycles. The summed E-state index contributed by atoms with van der Waals surface area (Å²) in [5, 5.41) is 0.471. The third-order valence-electron chi connectivity index (χ3n) is 4.84. The summed E-state index contributed by atoms with van der Waals surface area (Å²) in [5.74, 6) is 0.927. The van der Waals surface area contributed by atoms with Crippen molar-refractivity contribution in [3.63, 3.8) is 0 Å². The van der Waals surface area contributed by atoms with Crippen LogP contribution in [0.2, 0.25) is 5.02 Å². The van der Waals surface area contributed by atoms with Crippen molar-refractivity contribution in [3.8, 4) is 11.5 Å². The summed E-state index contributed by atoms with van der Waals surface area (Å²) in [4.78, 5) is 16.8. The fraction of sp³-hybridized carbons (Fsp3) is 0.154. The molecule has 0 atom stereocenters. The smallest absolute Gasteiger partial charge is 0.363 e. The molecule has 0 N–H and O–H groups in total. The summed E-state index contributed by atoms with van der Waals surface area (Å²) < 4.78 is 18.1. The number of carbonyl (C=O) groups excluding carboxylic acids is 1. The van der Waals surface area contributed by atoms with Crippen molar-refractivity contribution in [2.75, 3.05) is 13.2 Å². The van der Waals surface area contributed by atoms with Crippen LogP contribution in [0.25, 0.3) is 6.08 Å². The predicted molar refractivity (Wildman–Crippen MR) is 138 cm³/mol. The zero-order chi connectivity index (χ0) is 23.2. The molecule has 1 heterocycles. The summed E-state index contributed by atoms with van der Waals surface area (Å²) >= 11 is 8.43. The standard InChI is InChI=1S/C26H21ClINO4/c1-2-31-24-15-18(8-11-23(24)32-13-12-17-6-4-3-5-7-17)14-22-26(30)33-25(29-22)20-16-19(28)9-10-21(20)27/h3-11,14-16H,2,12-13H2,1H3/b22-14-. The third-order valence-corrected chi connectivity index (χ3v) is 5.84. The largest absolute Gasteiger partial charge is 0.490 e. The van der Waals surface area contributed by atoms with E-state index in [1.807, 2.05) is 55.5 Å². The van der Waals surface area contributed by atoms with Crippen LogP contribution in [0.3, 0.4) is 0 Å². The van der Waals surface area contributed by atoms with Crippen molar-refractivity contribution < 1.29 is 19.0 Å². The molecule has 0 saturated heterocycles. The van der Waals surface area contributed by atoms with Gasteiger partial charge in [0.15, 0.2) is 17.2 Å². The van der Waals surface area contributed by atoms with Gasteiger partial charge in [-0.05, 0) is 77.0 Å². The second kappa shape index (κ2) is 10.9. The number of halogens is 2. The molecule has 1 aliphatic rings. The van der Waals surface area contributed by atoms with Gasteiger partial charge in [-0.25, -0.2) is 9.79 Å². The number of ether oxygens (including phenoxy) is 3. The van der Waals surface area contributed by atoms with Gasteiger partial charge in [-0.2, -0.15) is 0 Å². The van der Waals surface area contributed by atoms with E-state index in [2.05, 4.69) is 39.7 Å². The van der Waals surface area contributed by atoms with Crippen molar-refractivity contribution >= 4 is 52.1 Å². The average molecular weight is 574 g/mol. The minimum Gasteiger partial charge on any atom is -0.490 e. The number of benzene rings is 3. The molecular weight excluding hydrogens is 553 g/mol. The predicted octanol–water partition coefficient (Wildman–Crippen LogP) is 6.31. The van der Waals surface area contributed by atoms with Gasteiger partial charge in [-0.15, -0.1) is 0 Å². The maximum atomic E-state index is 12.4. The van der Waals surface area contributed by atoms with E-state index in [-0.39, 0.29) is 11.6 Å². The molecule has 0 spiro atoms. The Morgan fingerprint density at radius 1 is 1.03 bits per heavy atom. The molecule has 5 nitrogen and oxygen atoms in total. The fourth-order valence-electron chi connectivity index (χ4n) is 3.27. The second-order valence-electron chi connectivity index (χ2n) is 7.18. The van der Waals surface area contributed by atoms with Gasteiger partial charge in [0.2, 0.25) is 5.90 Å². The average Bonchev–Trinajstić information content (AvgIpc) is 3.17. The van der Waals surface area contributed by atoms with Crippen LogP contribution in [0.1, 0.15) is 23.6 Å². The van der Waals surface area contributed by atoms with Crippen LogP contribution in [-0.2, 0) is 16.0 Å². The highest BCUT2D eigenvalue weighted by Gasteiger charge is 2.26. The number of hydrogen-bond acceptors (Lipinski definition) is 5. The first-order chi connectivity index (χ1) is 16.0. The van der Waals surface area contributed by atoms with Crippen LogP contribution >= 0.6 is 34.2 Å². The van der Waals surface area contributed by atoms with E-state index in [4.69, 9.17) is 25.8 Å². The van der Waals surface area contributed by atoms with Crippen molar-refractivity contribution in [2.45, 2.75) is 13.3 Å². The number of esters is 1. The molecule has 0 amide bonds. The Bertz CT molecular complexity index is 1220. The van der Waals surface area contributed by atoms with Crippen molar-refractivity contribution in [1.82, 2.24) is 0 Å². The maximum absolute atomic E-state index is 12.4. The molecule has 0 radical (unpaired) electrons. The Labute approximate surface area is 211 Å². The molecule has 33 heavy (non-hydrogen) atoms. The van der Waals surface area contributed by atoms with E-state index in [1.165, 1.54) is 5.56 Å². The van der Waals surface area contributed by atoms with Crippen molar-refractivity contribution in [2.24, 2.45) is 4.99 Å². The highest BCUT2D eigenvalue weighted by Crippen LogP contribution is 2.31. The summed E-state index contributed by atoms with van der Waals surface area (Å²) in [6.45, 7) is 2.93. The minimum atomic E-state index is -0.527. The molecule has 0 unspecified atom stereocenters. The highest BCUT2D eigenvalue weighted by atomic mass is 127. The van der Waals surface area contributed by atoms with E-state index < -0.39 is 5.97 Å². The Hall–Kier alpha value is -2.84. The molecule has 7 heteroatoms. The minimum absolute atomic E-state index is 0.195. The number of aliphatic imine (C=N–C) groups is 1. The van der Waals surface area contributed by atoms with Crippen LogP contribution in [0, 0.1) is 3.57 Å². The summed E-state index contributed by atoms with van der Waals surface area (Å²) in [7, 11) is 0. The quantitative estimate of drug-likeness (QED) is 0.180. The number of nitrogens with zero attached hydrogens (tertiary/aromatic N) is 1. The molecule has 0 aromatic heterocycles. The first-order valence-corrected chi connectivity index (χ1v) is 11.9. The fourth-order valence-corrected chi connectivity index (χ4v) is 3.96. The Kier molecular flexibility index (Phi) is 7.67. The summed E-state index contributed by atoms with van der Waals surface area (Å²) in [6, 6.07) is 21.1. The number of carbonyl (C=O) groups is 1. The zero-order valence-corrected chi connectivity index (χ0v) is 20.8. The Morgan fingerprint density at radius 3 is 2.64 bits per heavy atom. The van der Waals surface area contributed by atoms with Gasteiger partial charge in [0.05, 0.1) is 23.8 Å². The molecule has 0 fully saturated rings.